The van der Waals surface area contributed by atoms with Crippen LogP contribution in [0.15, 0.2) is 96.1 Å². The summed E-state index contributed by atoms with van der Waals surface area (Å²) in [5, 5.41) is 8.06. The van der Waals surface area contributed by atoms with E-state index in [0.29, 0.717) is 17.0 Å². The summed E-state index contributed by atoms with van der Waals surface area (Å²) < 4.78 is 5.25. The first-order valence-corrected chi connectivity index (χ1v) is 12.5. The molecule has 186 valence electrons. The molecule has 4 atom stereocenters. The Morgan fingerprint density at radius 1 is 0.816 bits per heavy atom. The van der Waals surface area contributed by atoms with Gasteiger partial charge in [0.15, 0.2) is 5.78 Å². The van der Waals surface area contributed by atoms with E-state index in [4.69, 9.17) is 4.74 Å². The number of nitrogens with zero attached hydrogens (tertiary/aromatic N) is 3. The predicted molar refractivity (Wildman–Crippen MR) is 143 cm³/mol. The molecule has 0 aliphatic carbocycles. The Morgan fingerprint density at radius 3 is 2.34 bits per heavy atom. The van der Waals surface area contributed by atoms with Crippen LogP contribution in [0, 0.1) is 11.8 Å². The van der Waals surface area contributed by atoms with E-state index in [-0.39, 0.29) is 17.6 Å². The summed E-state index contributed by atoms with van der Waals surface area (Å²) in [6.07, 6.45) is 1.71. The molecule has 0 spiro atoms. The van der Waals surface area contributed by atoms with E-state index in [1.165, 1.54) is 4.90 Å². The first-order chi connectivity index (χ1) is 18.6. The largest absolute Gasteiger partial charge is 0.497 e. The van der Waals surface area contributed by atoms with Crippen LogP contribution < -0.4 is 9.64 Å². The second-order valence-corrected chi connectivity index (χ2v) is 9.80. The van der Waals surface area contributed by atoms with Gasteiger partial charge in [-0.2, -0.15) is 5.10 Å². The molecular formula is C31H23N3O4. The number of amides is 2. The SMILES string of the molecule is COc1ccc(C(=O)[C@H]2[C@H]3C(=O)N(c4cccc5ccccc45)C(=O)[C@H]3C3c4ccccc4C=NN32)cc1. The third kappa shape index (κ3) is 3.08. The van der Waals surface area contributed by atoms with Crippen molar-refractivity contribution in [3.63, 3.8) is 0 Å². The molecule has 3 aliphatic heterocycles. The maximum absolute atomic E-state index is 14.2. The van der Waals surface area contributed by atoms with Crippen molar-refractivity contribution >= 4 is 40.3 Å². The molecule has 2 fully saturated rings. The van der Waals surface area contributed by atoms with Crippen LogP contribution in [0.3, 0.4) is 0 Å². The number of ketones is 1. The number of benzene rings is 4. The molecule has 0 aromatic heterocycles. The quantitative estimate of drug-likeness (QED) is 0.301. The number of hydrogen-bond donors (Lipinski definition) is 0. The Labute approximate surface area is 218 Å². The van der Waals surface area contributed by atoms with Crippen LogP contribution in [0.4, 0.5) is 5.69 Å². The lowest BCUT2D eigenvalue weighted by Gasteiger charge is -2.34. The van der Waals surface area contributed by atoms with Gasteiger partial charge in [-0.25, -0.2) is 4.90 Å². The molecule has 4 aromatic carbocycles. The highest BCUT2D eigenvalue weighted by atomic mass is 16.5. The van der Waals surface area contributed by atoms with E-state index >= 15 is 0 Å². The zero-order valence-corrected chi connectivity index (χ0v) is 20.5. The summed E-state index contributed by atoms with van der Waals surface area (Å²) >= 11 is 0. The Bertz CT molecular complexity index is 1660. The minimum absolute atomic E-state index is 0.248. The van der Waals surface area contributed by atoms with Crippen molar-refractivity contribution in [3.8, 4) is 5.75 Å². The molecule has 0 N–H and O–H groups in total. The minimum Gasteiger partial charge on any atom is -0.497 e. The Morgan fingerprint density at radius 2 is 1.53 bits per heavy atom. The van der Waals surface area contributed by atoms with E-state index in [1.54, 1.807) is 48.7 Å². The van der Waals surface area contributed by atoms with E-state index in [0.717, 1.165) is 21.9 Å². The van der Waals surface area contributed by atoms with E-state index < -0.39 is 23.9 Å². The summed E-state index contributed by atoms with van der Waals surface area (Å²) in [6.45, 7) is 0. The van der Waals surface area contributed by atoms with Gasteiger partial charge in [-0.3, -0.25) is 19.4 Å². The molecule has 4 aromatic rings. The van der Waals surface area contributed by atoms with Gasteiger partial charge in [0.1, 0.15) is 11.8 Å². The molecule has 7 heteroatoms. The van der Waals surface area contributed by atoms with Gasteiger partial charge in [-0.05, 0) is 46.8 Å². The zero-order valence-electron chi connectivity index (χ0n) is 20.5. The average molecular weight is 502 g/mol. The highest BCUT2D eigenvalue weighted by Gasteiger charge is 2.65. The zero-order chi connectivity index (χ0) is 26.0. The van der Waals surface area contributed by atoms with E-state index in [1.807, 2.05) is 60.7 Å². The highest BCUT2D eigenvalue weighted by Crippen LogP contribution is 2.53. The predicted octanol–water partition coefficient (Wildman–Crippen LogP) is 4.61. The average Bonchev–Trinajstić information content (AvgIpc) is 3.44. The number of hydrazone groups is 1. The Hall–Kier alpha value is -4.78. The maximum atomic E-state index is 14.2. The van der Waals surface area contributed by atoms with E-state index in [2.05, 4.69) is 5.10 Å². The second-order valence-electron chi connectivity index (χ2n) is 9.80. The van der Waals surface area contributed by atoms with Gasteiger partial charge >= 0.3 is 0 Å². The molecule has 0 bridgehead atoms. The molecule has 1 unspecified atom stereocenters. The first-order valence-electron chi connectivity index (χ1n) is 12.5. The van der Waals surface area contributed by atoms with Gasteiger partial charge < -0.3 is 4.74 Å². The van der Waals surface area contributed by atoms with Gasteiger partial charge in [0, 0.05) is 10.9 Å². The van der Waals surface area contributed by atoms with Crippen LogP contribution in [0.1, 0.15) is 27.5 Å². The van der Waals surface area contributed by atoms with Gasteiger partial charge in [0.2, 0.25) is 11.8 Å². The number of carbonyl (C=O) groups is 3. The van der Waals surface area contributed by atoms with Crippen LogP contribution in [0.2, 0.25) is 0 Å². The smallest absolute Gasteiger partial charge is 0.240 e. The fourth-order valence-electron chi connectivity index (χ4n) is 6.24. The lowest BCUT2D eigenvalue weighted by atomic mass is 9.83. The number of methoxy groups -OCH3 is 1. The van der Waals surface area contributed by atoms with Crippen LogP contribution in [0.25, 0.3) is 10.8 Å². The Kier molecular flexibility index (Phi) is 4.94. The first kappa shape index (κ1) is 22.4. The molecule has 3 heterocycles. The lowest BCUT2D eigenvalue weighted by molar-refractivity contribution is -0.124. The van der Waals surface area contributed by atoms with Crippen molar-refractivity contribution in [1.82, 2.24) is 5.01 Å². The van der Waals surface area contributed by atoms with Gasteiger partial charge in [-0.15, -0.1) is 0 Å². The number of carbonyl (C=O) groups excluding carboxylic acids is 3. The molecule has 0 radical (unpaired) electrons. The normalized spacial score (nSPS) is 23.4. The van der Waals surface area contributed by atoms with Crippen molar-refractivity contribution in [1.29, 1.82) is 0 Å². The fraction of sp³-hybridized carbons (Fsp3) is 0.161. The summed E-state index contributed by atoms with van der Waals surface area (Å²) in [5.41, 5.74) is 2.76. The van der Waals surface area contributed by atoms with Crippen molar-refractivity contribution in [2.75, 3.05) is 12.0 Å². The maximum Gasteiger partial charge on any atom is 0.240 e. The highest BCUT2D eigenvalue weighted by molar-refractivity contribution is 6.27. The standard InChI is InChI=1S/C31H23N3O4/c1-38-21-15-13-19(14-16-21)29(35)28-26-25(27-23-11-5-3-8-20(23)17-32-34(27)28)30(36)33(31(26)37)24-12-6-9-18-7-2-4-10-22(18)24/h2-17,25-28H,1H3/t25-,26+,27?,28-/m1/s1. The summed E-state index contributed by atoms with van der Waals surface area (Å²) in [5.74, 6) is -1.91. The molecular weight excluding hydrogens is 478 g/mol. The summed E-state index contributed by atoms with van der Waals surface area (Å²) in [6, 6.07) is 26.4. The number of imide groups is 1. The monoisotopic (exact) mass is 501 g/mol. The third-order valence-electron chi connectivity index (χ3n) is 7.94. The van der Waals surface area contributed by atoms with Crippen molar-refractivity contribution in [2.45, 2.75) is 12.1 Å². The number of Topliss-reactive ketones (excluding diaryl/α,β-unsaturated/α-hetero) is 1. The minimum atomic E-state index is -0.917. The number of ether oxygens (including phenoxy) is 1. The molecule has 2 amide bonds. The number of rotatable bonds is 4. The van der Waals surface area contributed by atoms with Crippen molar-refractivity contribution < 1.29 is 19.1 Å². The summed E-state index contributed by atoms with van der Waals surface area (Å²) in [7, 11) is 1.56. The van der Waals surface area contributed by atoms with Gasteiger partial charge in [-0.1, -0.05) is 60.7 Å². The van der Waals surface area contributed by atoms with Crippen LogP contribution in [-0.4, -0.2) is 42.0 Å². The topological polar surface area (TPSA) is 79.3 Å². The van der Waals surface area contributed by atoms with E-state index in [9.17, 15) is 14.4 Å². The van der Waals surface area contributed by atoms with Crippen molar-refractivity contribution in [3.05, 3.63) is 108 Å². The molecule has 7 nitrogen and oxygen atoms in total. The summed E-state index contributed by atoms with van der Waals surface area (Å²) in [4.78, 5) is 43.7. The lowest BCUT2D eigenvalue weighted by Crippen LogP contribution is -2.44. The molecule has 0 saturated carbocycles. The molecule has 38 heavy (non-hydrogen) atoms. The number of anilines is 1. The molecule has 2 saturated heterocycles. The van der Waals surface area contributed by atoms with Gasteiger partial charge in [0.05, 0.1) is 36.9 Å². The van der Waals surface area contributed by atoms with Crippen molar-refractivity contribution in [2.24, 2.45) is 16.9 Å². The third-order valence-corrected chi connectivity index (χ3v) is 7.94. The van der Waals surface area contributed by atoms with Crippen LogP contribution in [-0.2, 0) is 9.59 Å². The van der Waals surface area contributed by atoms with Crippen LogP contribution in [0.5, 0.6) is 5.75 Å². The number of hydrogen-bond acceptors (Lipinski definition) is 6. The van der Waals surface area contributed by atoms with Gasteiger partial charge in [0.25, 0.3) is 0 Å². The second kappa shape index (κ2) is 8.38. The number of fused-ring (bicyclic) bond motifs is 6. The Balaban J connectivity index is 1.38. The molecule has 3 aliphatic rings. The van der Waals surface area contributed by atoms with Crippen LogP contribution >= 0.6 is 0 Å². The molecule has 7 rings (SSSR count). The fourth-order valence-corrected chi connectivity index (χ4v) is 6.24.